The molecule has 0 bridgehead atoms. The van der Waals surface area contributed by atoms with Crippen LogP contribution in [-0.4, -0.2) is 11.4 Å². The molecule has 0 saturated carbocycles. The Morgan fingerprint density at radius 3 is 2.29 bits per heavy atom. The van der Waals surface area contributed by atoms with E-state index in [-0.39, 0.29) is 5.82 Å². The summed E-state index contributed by atoms with van der Waals surface area (Å²) in [4.78, 5) is 1.12. The van der Waals surface area contributed by atoms with Crippen LogP contribution < -0.4 is 0 Å². The van der Waals surface area contributed by atoms with Crippen molar-refractivity contribution in [3.63, 3.8) is 0 Å². The molecule has 1 N–H and O–H groups in total. The highest BCUT2D eigenvalue weighted by molar-refractivity contribution is 7.98. The molecule has 0 aliphatic rings. The van der Waals surface area contributed by atoms with E-state index in [0.29, 0.717) is 11.1 Å². The van der Waals surface area contributed by atoms with Crippen molar-refractivity contribution in [2.24, 2.45) is 0 Å². The van der Waals surface area contributed by atoms with Crippen molar-refractivity contribution < 1.29 is 9.50 Å². The molecule has 1 unspecified atom stereocenters. The van der Waals surface area contributed by atoms with Crippen molar-refractivity contribution in [1.29, 1.82) is 0 Å². The normalized spacial score (nSPS) is 12.4. The fraction of sp³-hybridized carbons (Fsp3) is 0.143. The highest BCUT2D eigenvalue weighted by Crippen LogP contribution is 2.25. The molecule has 0 heterocycles. The lowest BCUT2D eigenvalue weighted by molar-refractivity contribution is 0.215. The first-order valence-electron chi connectivity index (χ1n) is 5.29. The first-order valence-corrected chi connectivity index (χ1v) is 6.51. The first-order chi connectivity index (χ1) is 8.22. The van der Waals surface area contributed by atoms with Crippen molar-refractivity contribution in [2.75, 3.05) is 6.26 Å². The third-order valence-electron chi connectivity index (χ3n) is 2.63. The van der Waals surface area contributed by atoms with E-state index in [1.165, 1.54) is 6.07 Å². The number of benzene rings is 2. The highest BCUT2D eigenvalue weighted by atomic mass is 32.2. The summed E-state index contributed by atoms with van der Waals surface area (Å²) in [5.74, 6) is -0.381. The van der Waals surface area contributed by atoms with Crippen LogP contribution in [0, 0.1) is 5.82 Å². The number of thioether (sulfide) groups is 1. The van der Waals surface area contributed by atoms with Gasteiger partial charge in [-0.1, -0.05) is 30.3 Å². The fourth-order valence-corrected chi connectivity index (χ4v) is 2.07. The number of hydrogen-bond donors (Lipinski definition) is 1. The Kier molecular flexibility index (Phi) is 3.82. The van der Waals surface area contributed by atoms with Gasteiger partial charge in [-0.25, -0.2) is 4.39 Å². The molecular formula is C14H13FOS. The van der Waals surface area contributed by atoms with E-state index in [1.807, 2.05) is 30.5 Å². The Hall–Kier alpha value is -1.32. The molecule has 0 amide bonds. The summed E-state index contributed by atoms with van der Waals surface area (Å²) in [6.07, 6.45) is 1.08. The standard InChI is InChI=1S/C14H13FOS/c1-17-11-8-6-10(7-9-11)14(16)12-4-2-3-5-13(12)15/h2-9,14,16H,1H3. The minimum Gasteiger partial charge on any atom is -0.384 e. The predicted octanol–water partition coefficient (Wildman–Crippen LogP) is 3.63. The zero-order valence-electron chi connectivity index (χ0n) is 9.43. The number of aliphatic hydroxyl groups is 1. The zero-order chi connectivity index (χ0) is 12.3. The van der Waals surface area contributed by atoms with Gasteiger partial charge in [-0.3, -0.25) is 0 Å². The second-order valence-corrected chi connectivity index (χ2v) is 4.58. The van der Waals surface area contributed by atoms with Crippen molar-refractivity contribution in [2.45, 2.75) is 11.0 Å². The summed E-state index contributed by atoms with van der Waals surface area (Å²) in [6.45, 7) is 0. The maximum atomic E-state index is 13.5. The molecule has 0 saturated heterocycles. The third kappa shape index (κ3) is 2.68. The Balaban J connectivity index is 2.30. The van der Waals surface area contributed by atoms with Gasteiger partial charge in [0.05, 0.1) is 0 Å². The largest absolute Gasteiger partial charge is 0.384 e. The summed E-state index contributed by atoms with van der Waals surface area (Å²) < 4.78 is 13.5. The van der Waals surface area contributed by atoms with Gasteiger partial charge in [0.1, 0.15) is 11.9 Å². The summed E-state index contributed by atoms with van der Waals surface area (Å²) in [7, 11) is 0. The SMILES string of the molecule is CSc1ccc(C(O)c2ccccc2F)cc1. The number of aliphatic hydroxyl groups excluding tert-OH is 1. The Morgan fingerprint density at radius 2 is 1.71 bits per heavy atom. The van der Waals surface area contributed by atoms with Crippen molar-refractivity contribution >= 4 is 11.8 Å². The van der Waals surface area contributed by atoms with Crippen molar-refractivity contribution in [3.05, 3.63) is 65.5 Å². The van der Waals surface area contributed by atoms with Gasteiger partial charge in [-0.2, -0.15) is 0 Å². The van der Waals surface area contributed by atoms with Crippen LogP contribution in [0.5, 0.6) is 0 Å². The van der Waals surface area contributed by atoms with E-state index in [0.717, 1.165) is 4.90 Å². The topological polar surface area (TPSA) is 20.2 Å². The molecular weight excluding hydrogens is 235 g/mol. The van der Waals surface area contributed by atoms with Crippen LogP contribution in [0.3, 0.4) is 0 Å². The lowest BCUT2D eigenvalue weighted by Gasteiger charge is -2.12. The quantitative estimate of drug-likeness (QED) is 0.837. The second-order valence-electron chi connectivity index (χ2n) is 3.70. The molecule has 0 spiro atoms. The average molecular weight is 248 g/mol. The van der Waals surface area contributed by atoms with Gasteiger partial charge < -0.3 is 5.11 Å². The van der Waals surface area contributed by atoms with E-state index in [1.54, 1.807) is 30.0 Å². The molecule has 2 aromatic carbocycles. The van der Waals surface area contributed by atoms with Crippen LogP contribution in [0.4, 0.5) is 4.39 Å². The van der Waals surface area contributed by atoms with E-state index >= 15 is 0 Å². The van der Waals surface area contributed by atoms with Gasteiger partial charge in [0, 0.05) is 10.5 Å². The molecule has 0 radical (unpaired) electrons. The zero-order valence-corrected chi connectivity index (χ0v) is 10.2. The van der Waals surface area contributed by atoms with E-state index in [2.05, 4.69) is 0 Å². The van der Waals surface area contributed by atoms with Crippen molar-refractivity contribution in [3.8, 4) is 0 Å². The summed E-state index contributed by atoms with van der Waals surface area (Å²) in [5.41, 5.74) is 1.01. The molecule has 1 nitrogen and oxygen atoms in total. The first kappa shape index (κ1) is 12.1. The third-order valence-corrected chi connectivity index (χ3v) is 3.37. The number of hydrogen-bond acceptors (Lipinski definition) is 2. The van der Waals surface area contributed by atoms with Gasteiger partial charge in [0.25, 0.3) is 0 Å². The van der Waals surface area contributed by atoms with E-state index < -0.39 is 6.10 Å². The maximum Gasteiger partial charge on any atom is 0.129 e. The maximum absolute atomic E-state index is 13.5. The van der Waals surface area contributed by atoms with Crippen molar-refractivity contribution in [1.82, 2.24) is 0 Å². The molecule has 0 aliphatic carbocycles. The molecule has 3 heteroatoms. The van der Waals surface area contributed by atoms with Gasteiger partial charge in [0.2, 0.25) is 0 Å². The van der Waals surface area contributed by atoms with Crippen LogP contribution in [0.2, 0.25) is 0 Å². The lowest BCUT2D eigenvalue weighted by Crippen LogP contribution is -2.02. The minimum absolute atomic E-state index is 0.310. The van der Waals surface area contributed by atoms with Crippen LogP contribution in [0.15, 0.2) is 53.4 Å². The molecule has 88 valence electrons. The monoisotopic (exact) mass is 248 g/mol. The summed E-state index contributed by atoms with van der Waals surface area (Å²) in [5, 5.41) is 10.1. The second kappa shape index (κ2) is 5.34. The lowest BCUT2D eigenvalue weighted by atomic mass is 10.0. The predicted molar refractivity (Wildman–Crippen MR) is 68.7 cm³/mol. The number of rotatable bonds is 3. The molecule has 1 atom stereocenters. The van der Waals surface area contributed by atoms with Gasteiger partial charge >= 0.3 is 0 Å². The van der Waals surface area contributed by atoms with Gasteiger partial charge in [-0.15, -0.1) is 11.8 Å². The van der Waals surface area contributed by atoms with Crippen LogP contribution in [0.1, 0.15) is 17.2 Å². The summed E-state index contributed by atoms with van der Waals surface area (Å²) in [6, 6.07) is 13.8. The smallest absolute Gasteiger partial charge is 0.129 e. The highest BCUT2D eigenvalue weighted by Gasteiger charge is 2.13. The Morgan fingerprint density at radius 1 is 1.06 bits per heavy atom. The molecule has 0 aliphatic heterocycles. The Labute approximate surface area is 104 Å². The van der Waals surface area contributed by atoms with Crippen LogP contribution in [0.25, 0.3) is 0 Å². The molecule has 0 fully saturated rings. The minimum atomic E-state index is -0.910. The van der Waals surface area contributed by atoms with Gasteiger partial charge in [-0.05, 0) is 30.0 Å². The summed E-state index contributed by atoms with van der Waals surface area (Å²) >= 11 is 1.63. The van der Waals surface area contributed by atoms with Crippen LogP contribution >= 0.6 is 11.8 Å². The van der Waals surface area contributed by atoms with E-state index in [9.17, 15) is 9.50 Å². The molecule has 2 aromatic rings. The average Bonchev–Trinajstić information content (AvgIpc) is 2.39. The van der Waals surface area contributed by atoms with E-state index in [4.69, 9.17) is 0 Å². The van der Waals surface area contributed by atoms with Gasteiger partial charge in [0.15, 0.2) is 0 Å². The molecule has 17 heavy (non-hydrogen) atoms. The Bertz CT molecular complexity index is 496. The number of halogens is 1. The fourth-order valence-electron chi connectivity index (χ4n) is 1.66. The molecule has 2 rings (SSSR count). The van der Waals surface area contributed by atoms with Crippen LogP contribution in [-0.2, 0) is 0 Å². The molecule has 0 aromatic heterocycles.